The number of ether oxygens (including phenoxy) is 1. The predicted octanol–water partition coefficient (Wildman–Crippen LogP) is 2.58. The number of piperidine rings is 1. The van der Waals surface area contributed by atoms with Crippen molar-refractivity contribution in [1.82, 2.24) is 14.8 Å². The van der Waals surface area contributed by atoms with Crippen LogP contribution in [0.4, 0.5) is 11.4 Å². The van der Waals surface area contributed by atoms with Crippen LogP contribution in [0.25, 0.3) is 0 Å². The molecule has 0 atom stereocenters. The van der Waals surface area contributed by atoms with Gasteiger partial charge >= 0.3 is 5.97 Å². The summed E-state index contributed by atoms with van der Waals surface area (Å²) in [4.78, 5) is 28.6. The van der Waals surface area contributed by atoms with Crippen LogP contribution in [0.3, 0.4) is 0 Å². The first-order chi connectivity index (χ1) is 12.0. The fourth-order valence-electron chi connectivity index (χ4n) is 3.00. The van der Waals surface area contributed by atoms with E-state index in [-0.39, 0.29) is 17.3 Å². The highest BCUT2D eigenvalue weighted by atomic mass is 79.9. The number of carbonyl (C=O) groups excluding carboxylic acids is 1. The Morgan fingerprint density at radius 3 is 2.68 bits per heavy atom. The quantitative estimate of drug-likeness (QED) is 0.434. The lowest BCUT2D eigenvalue weighted by Gasteiger charge is -2.34. The molecule has 1 aromatic carbocycles. The van der Waals surface area contributed by atoms with Crippen molar-refractivity contribution in [3.8, 4) is 0 Å². The van der Waals surface area contributed by atoms with Crippen molar-refractivity contribution >= 4 is 33.3 Å². The van der Waals surface area contributed by atoms with E-state index in [4.69, 9.17) is 0 Å². The molecule has 10 heteroatoms. The minimum absolute atomic E-state index is 0.0518. The Bertz CT molecular complexity index is 787. The molecule has 0 N–H and O–H groups in total. The number of hydrogen-bond acceptors (Lipinski definition) is 7. The lowest BCUT2D eigenvalue weighted by atomic mass is 10.0. The molecular weight excluding hydrogens is 394 g/mol. The maximum absolute atomic E-state index is 11.9. The van der Waals surface area contributed by atoms with Gasteiger partial charge in [0.2, 0.25) is 0 Å². The lowest BCUT2D eigenvalue weighted by Crippen LogP contribution is -2.35. The van der Waals surface area contributed by atoms with E-state index < -0.39 is 10.9 Å². The largest absolute Gasteiger partial charge is 0.465 e. The van der Waals surface area contributed by atoms with Crippen LogP contribution < -0.4 is 4.90 Å². The lowest BCUT2D eigenvalue weighted by molar-refractivity contribution is -0.385. The van der Waals surface area contributed by atoms with Crippen LogP contribution in [0, 0.1) is 10.1 Å². The van der Waals surface area contributed by atoms with Gasteiger partial charge in [0.1, 0.15) is 18.2 Å². The first-order valence-electron chi connectivity index (χ1n) is 7.66. The monoisotopic (exact) mass is 409 g/mol. The van der Waals surface area contributed by atoms with Crippen LogP contribution in [0.15, 0.2) is 29.3 Å². The van der Waals surface area contributed by atoms with Crippen LogP contribution in [-0.4, -0.2) is 45.9 Å². The molecule has 0 saturated carbocycles. The zero-order chi connectivity index (χ0) is 18.0. The Labute approximate surface area is 151 Å². The Morgan fingerprint density at radius 2 is 2.12 bits per heavy atom. The number of nitro groups is 1. The molecule has 9 nitrogen and oxygen atoms in total. The molecule has 2 heterocycles. The van der Waals surface area contributed by atoms with Gasteiger partial charge in [-0.2, -0.15) is 5.10 Å². The van der Waals surface area contributed by atoms with Crippen molar-refractivity contribution in [3.63, 3.8) is 0 Å². The van der Waals surface area contributed by atoms with Gasteiger partial charge in [-0.3, -0.25) is 10.1 Å². The molecule has 1 saturated heterocycles. The summed E-state index contributed by atoms with van der Waals surface area (Å²) < 4.78 is 7.10. The van der Waals surface area contributed by atoms with Gasteiger partial charge < -0.3 is 9.64 Å². The van der Waals surface area contributed by atoms with E-state index in [1.165, 1.54) is 25.6 Å². The van der Waals surface area contributed by atoms with Crippen LogP contribution in [0.5, 0.6) is 0 Å². The minimum atomic E-state index is -0.724. The molecular formula is C15H16BrN5O4. The first kappa shape index (κ1) is 17.3. The molecule has 0 bridgehead atoms. The number of nitro benzene ring substituents is 1. The SMILES string of the molecule is COC(=O)c1cc(N2CCC(n3cncn3)CC2)c(Br)cc1[N+](=O)[O-]. The standard InChI is InChI=1S/C15H16BrN5O4/c1-25-15(22)11-6-14(12(16)7-13(11)21(23)24)19-4-2-10(3-5-19)20-9-17-8-18-20/h6-10H,2-5H2,1H3. The Hall–Kier alpha value is -2.49. The third kappa shape index (κ3) is 3.48. The molecule has 0 spiro atoms. The molecule has 1 aromatic heterocycles. The van der Waals surface area contributed by atoms with E-state index in [0.717, 1.165) is 31.6 Å². The fraction of sp³-hybridized carbons (Fsp3) is 0.400. The zero-order valence-corrected chi connectivity index (χ0v) is 15.0. The van der Waals surface area contributed by atoms with E-state index in [1.807, 2.05) is 4.68 Å². The molecule has 1 fully saturated rings. The number of carbonyl (C=O) groups is 1. The maximum Gasteiger partial charge on any atom is 0.344 e. The number of nitrogens with zero attached hydrogens (tertiary/aromatic N) is 5. The topological polar surface area (TPSA) is 103 Å². The molecule has 132 valence electrons. The van der Waals surface area contributed by atoms with Gasteiger partial charge in [0.25, 0.3) is 5.69 Å². The summed E-state index contributed by atoms with van der Waals surface area (Å²) in [6.45, 7) is 1.48. The minimum Gasteiger partial charge on any atom is -0.465 e. The number of methoxy groups -OCH3 is 1. The van der Waals surface area contributed by atoms with E-state index in [0.29, 0.717) is 4.47 Å². The van der Waals surface area contributed by atoms with Gasteiger partial charge in [-0.15, -0.1) is 0 Å². The molecule has 0 amide bonds. The molecule has 0 aliphatic carbocycles. The molecule has 0 unspecified atom stereocenters. The van der Waals surface area contributed by atoms with Crippen LogP contribution in [0.2, 0.25) is 0 Å². The van der Waals surface area contributed by atoms with E-state index in [1.54, 1.807) is 6.33 Å². The van der Waals surface area contributed by atoms with E-state index in [2.05, 4.69) is 35.6 Å². The van der Waals surface area contributed by atoms with E-state index >= 15 is 0 Å². The molecule has 25 heavy (non-hydrogen) atoms. The van der Waals surface area contributed by atoms with Gasteiger partial charge in [-0.25, -0.2) is 14.5 Å². The second-order valence-corrected chi connectivity index (χ2v) is 6.52. The molecule has 0 radical (unpaired) electrons. The summed E-state index contributed by atoms with van der Waals surface area (Å²) in [7, 11) is 1.21. The number of halogens is 1. The van der Waals surface area contributed by atoms with Crippen molar-refractivity contribution in [2.75, 3.05) is 25.1 Å². The fourth-order valence-corrected chi connectivity index (χ4v) is 3.58. The average Bonchev–Trinajstić information content (AvgIpc) is 3.15. The predicted molar refractivity (Wildman–Crippen MR) is 92.6 cm³/mol. The van der Waals surface area contributed by atoms with Crippen molar-refractivity contribution in [2.24, 2.45) is 0 Å². The number of anilines is 1. The second kappa shape index (κ2) is 7.18. The van der Waals surface area contributed by atoms with Gasteiger partial charge in [0, 0.05) is 23.6 Å². The second-order valence-electron chi connectivity index (χ2n) is 5.66. The normalized spacial score (nSPS) is 15.2. The van der Waals surface area contributed by atoms with Gasteiger partial charge in [0.05, 0.1) is 23.8 Å². The number of esters is 1. The summed E-state index contributed by atoms with van der Waals surface area (Å²) in [5, 5.41) is 15.4. The van der Waals surface area contributed by atoms with Crippen LogP contribution in [-0.2, 0) is 4.74 Å². The molecule has 1 aliphatic rings. The number of hydrogen-bond donors (Lipinski definition) is 0. The third-order valence-corrected chi connectivity index (χ3v) is 4.92. The molecule has 2 aromatic rings. The van der Waals surface area contributed by atoms with Crippen molar-refractivity contribution in [2.45, 2.75) is 18.9 Å². The van der Waals surface area contributed by atoms with Gasteiger partial charge in [-0.05, 0) is 34.8 Å². The van der Waals surface area contributed by atoms with Crippen molar-refractivity contribution in [3.05, 3.63) is 44.9 Å². The maximum atomic E-state index is 11.9. The van der Waals surface area contributed by atoms with Crippen LogP contribution >= 0.6 is 15.9 Å². The van der Waals surface area contributed by atoms with Crippen LogP contribution in [0.1, 0.15) is 29.2 Å². The van der Waals surface area contributed by atoms with Crippen molar-refractivity contribution < 1.29 is 14.5 Å². The van der Waals surface area contributed by atoms with Crippen molar-refractivity contribution in [1.29, 1.82) is 0 Å². The highest BCUT2D eigenvalue weighted by molar-refractivity contribution is 9.10. The van der Waals surface area contributed by atoms with E-state index in [9.17, 15) is 14.9 Å². The molecule has 3 rings (SSSR count). The highest BCUT2D eigenvalue weighted by Crippen LogP contribution is 2.36. The highest BCUT2D eigenvalue weighted by Gasteiger charge is 2.27. The molecule has 1 aliphatic heterocycles. The number of rotatable bonds is 4. The summed E-state index contributed by atoms with van der Waals surface area (Å²) in [6, 6.07) is 3.14. The average molecular weight is 410 g/mol. The summed E-state index contributed by atoms with van der Waals surface area (Å²) in [5.74, 6) is -0.724. The zero-order valence-electron chi connectivity index (χ0n) is 13.5. The first-order valence-corrected chi connectivity index (χ1v) is 8.46. The Balaban J connectivity index is 1.85. The third-order valence-electron chi connectivity index (χ3n) is 4.28. The number of aromatic nitrogens is 3. The summed E-state index contributed by atoms with van der Waals surface area (Å²) in [6.07, 6.45) is 4.94. The van der Waals surface area contributed by atoms with Gasteiger partial charge in [-0.1, -0.05) is 0 Å². The Kier molecular flexibility index (Phi) is 4.98. The smallest absolute Gasteiger partial charge is 0.344 e. The summed E-state index contributed by atoms with van der Waals surface area (Å²) >= 11 is 3.38. The Morgan fingerprint density at radius 1 is 1.40 bits per heavy atom. The summed E-state index contributed by atoms with van der Waals surface area (Å²) in [5.41, 5.74) is 0.409. The van der Waals surface area contributed by atoms with Gasteiger partial charge in [0.15, 0.2) is 0 Å². The number of benzene rings is 1.